The molecular formula is C17H21N5O. The molecular weight excluding hydrogens is 290 g/mol. The Labute approximate surface area is 134 Å². The van der Waals surface area contributed by atoms with E-state index in [4.69, 9.17) is 11.5 Å². The molecule has 4 rings (SSSR count). The molecule has 6 heteroatoms. The quantitative estimate of drug-likeness (QED) is 0.872. The first kappa shape index (κ1) is 14.4. The second-order valence-corrected chi connectivity index (χ2v) is 6.81. The third-order valence-electron chi connectivity index (χ3n) is 5.16. The fourth-order valence-corrected chi connectivity index (χ4v) is 3.60. The first-order valence-corrected chi connectivity index (χ1v) is 7.98. The van der Waals surface area contributed by atoms with Crippen LogP contribution < -0.4 is 17.2 Å². The summed E-state index contributed by atoms with van der Waals surface area (Å²) in [6.07, 6.45) is 4.05. The van der Waals surface area contributed by atoms with E-state index in [0.29, 0.717) is 11.5 Å². The van der Waals surface area contributed by atoms with Gasteiger partial charge >= 0.3 is 5.69 Å². The fourth-order valence-electron chi connectivity index (χ4n) is 3.60. The highest BCUT2D eigenvalue weighted by Gasteiger charge is 2.55. The van der Waals surface area contributed by atoms with Gasteiger partial charge < -0.3 is 11.5 Å². The maximum absolute atomic E-state index is 11.9. The Morgan fingerprint density at radius 3 is 2.61 bits per heavy atom. The lowest BCUT2D eigenvalue weighted by Gasteiger charge is -2.16. The van der Waals surface area contributed by atoms with Crippen LogP contribution in [0.2, 0.25) is 0 Å². The van der Waals surface area contributed by atoms with E-state index in [2.05, 4.69) is 22.0 Å². The van der Waals surface area contributed by atoms with Crippen LogP contribution in [0.25, 0.3) is 5.69 Å². The molecule has 1 aliphatic carbocycles. The van der Waals surface area contributed by atoms with E-state index in [1.54, 1.807) is 12.3 Å². The van der Waals surface area contributed by atoms with Gasteiger partial charge in [0, 0.05) is 30.7 Å². The number of anilines is 1. The van der Waals surface area contributed by atoms with Crippen molar-refractivity contribution >= 4 is 5.82 Å². The number of hydrogen-bond donors (Lipinski definition) is 2. The summed E-state index contributed by atoms with van der Waals surface area (Å²) in [4.78, 5) is 18.1. The van der Waals surface area contributed by atoms with Crippen LogP contribution in [0.3, 0.4) is 0 Å². The van der Waals surface area contributed by atoms with Crippen LogP contribution in [0.15, 0.2) is 41.3 Å². The lowest BCUT2D eigenvalue weighted by molar-refractivity contribution is 0.310. The predicted octanol–water partition coefficient (Wildman–Crippen LogP) is 0.738. The minimum Gasteiger partial charge on any atom is -0.383 e. The van der Waals surface area contributed by atoms with Crippen molar-refractivity contribution in [3.8, 4) is 5.69 Å². The number of likely N-dealkylation sites (tertiary alicyclic amines) is 1. The van der Waals surface area contributed by atoms with Crippen LogP contribution in [0.4, 0.5) is 5.82 Å². The molecule has 23 heavy (non-hydrogen) atoms. The Morgan fingerprint density at radius 2 is 2.00 bits per heavy atom. The minimum atomic E-state index is -0.359. The number of rotatable bonds is 3. The number of benzene rings is 1. The Balaban J connectivity index is 1.47. The van der Waals surface area contributed by atoms with Crippen molar-refractivity contribution in [1.82, 2.24) is 14.5 Å². The zero-order valence-corrected chi connectivity index (χ0v) is 13.0. The van der Waals surface area contributed by atoms with Crippen molar-refractivity contribution in [3.05, 3.63) is 52.6 Å². The third-order valence-corrected chi connectivity index (χ3v) is 5.16. The number of aromatic nitrogens is 2. The normalized spacial score (nSPS) is 26.7. The van der Waals surface area contributed by atoms with Crippen LogP contribution in [0, 0.1) is 5.41 Å². The lowest BCUT2D eigenvalue weighted by Crippen LogP contribution is -2.23. The molecule has 2 heterocycles. The van der Waals surface area contributed by atoms with Crippen molar-refractivity contribution in [1.29, 1.82) is 0 Å². The monoisotopic (exact) mass is 311 g/mol. The average molecular weight is 311 g/mol. The summed E-state index contributed by atoms with van der Waals surface area (Å²) in [7, 11) is 0. The van der Waals surface area contributed by atoms with Crippen LogP contribution >= 0.6 is 0 Å². The number of nitrogens with zero attached hydrogens (tertiary/aromatic N) is 3. The maximum Gasteiger partial charge on any atom is 0.354 e. The smallest absolute Gasteiger partial charge is 0.354 e. The van der Waals surface area contributed by atoms with E-state index < -0.39 is 0 Å². The summed E-state index contributed by atoms with van der Waals surface area (Å²) in [6, 6.07) is 10.1. The first-order chi connectivity index (χ1) is 11.1. The summed E-state index contributed by atoms with van der Waals surface area (Å²) < 4.78 is 1.49. The molecule has 6 nitrogen and oxygen atoms in total. The zero-order valence-electron chi connectivity index (χ0n) is 13.0. The molecule has 2 fully saturated rings. The van der Waals surface area contributed by atoms with Gasteiger partial charge in [-0.2, -0.15) is 4.98 Å². The molecule has 0 radical (unpaired) electrons. The number of nitrogen functional groups attached to an aromatic ring is 1. The van der Waals surface area contributed by atoms with Gasteiger partial charge in [-0.25, -0.2) is 4.79 Å². The zero-order chi connectivity index (χ0) is 16.0. The second kappa shape index (κ2) is 5.18. The van der Waals surface area contributed by atoms with Crippen LogP contribution in [0.1, 0.15) is 18.4 Å². The summed E-state index contributed by atoms with van der Waals surface area (Å²) in [5.74, 6) is 0.240. The molecule has 0 amide bonds. The molecule has 1 spiro atoms. The van der Waals surface area contributed by atoms with Crippen molar-refractivity contribution in [2.75, 3.05) is 18.8 Å². The molecule has 0 bridgehead atoms. The van der Waals surface area contributed by atoms with E-state index in [1.165, 1.54) is 23.0 Å². The Kier molecular flexibility index (Phi) is 3.25. The van der Waals surface area contributed by atoms with Crippen molar-refractivity contribution in [2.24, 2.45) is 11.1 Å². The molecule has 2 aliphatic rings. The Morgan fingerprint density at radius 1 is 1.26 bits per heavy atom. The van der Waals surface area contributed by atoms with E-state index >= 15 is 0 Å². The third kappa shape index (κ3) is 2.64. The van der Waals surface area contributed by atoms with Gasteiger partial charge in [0.1, 0.15) is 5.82 Å². The average Bonchev–Trinajstić information content (AvgIpc) is 2.96. The van der Waals surface area contributed by atoms with Crippen molar-refractivity contribution < 1.29 is 0 Å². The van der Waals surface area contributed by atoms with Gasteiger partial charge in [0.05, 0.1) is 5.69 Å². The van der Waals surface area contributed by atoms with Crippen LogP contribution in [-0.2, 0) is 6.54 Å². The van der Waals surface area contributed by atoms with E-state index in [0.717, 1.165) is 25.3 Å². The first-order valence-electron chi connectivity index (χ1n) is 7.98. The fraction of sp³-hybridized carbons (Fsp3) is 0.412. The minimum absolute atomic E-state index is 0.240. The topological polar surface area (TPSA) is 90.2 Å². The van der Waals surface area contributed by atoms with E-state index in [1.807, 2.05) is 12.1 Å². The van der Waals surface area contributed by atoms with Gasteiger partial charge in [0.2, 0.25) is 0 Å². The number of nitrogens with two attached hydrogens (primary N) is 2. The van der Waals surface area contributed by atoms with Crippen molar-refractivity contribution in [3.63, 3.8) is 0 Å². The summed E-state index contributed by atoms with van der Waals surface area (Å²) in [6.45, 7) is 3.16. The highest BCUT2D eigenvalue weighted by molar-refractivity contribution is 5.36. The summed E-state index contributed by atoms with van der Waals surface area (Å²) in [5.41, 5.74) is 13.7. The Bertz CT molecular complexity index is 784. The van der Waals surface area contributed by atoms with E-state index in [-0.39, 0.29) is 11.5 Å². The maximum atomic E-state index is 11.9. The summed E-state index contributed by atoms with van der Waals surface area (Å²) in [5, 5.41) is 0. The molecule has 2 atom stereocenters. The SMILES string of the molecule is Nc1ccn(-c2ccc(CN3CCC4(CC4N)C3)cc2)c(=O)n1. The molecule has 1 aromatic carbocycles. The predicted molar refractivity (Wildman–Crippen MR) is 89.2 cm³/mol. The van der Waals surface area contributed by atoms with Gasteiger partial charge in [0.25, 0.3) is 0 Å². The van der Waals surface area contributed by atoms with Gasteiger partial charge in [-0.15, -0.1) is 0 Å². The molecule has 2 unspecified atom stereocenters. The Hall–Kier alpha value is -2.18. The highest BCUT2D eigenvalue weighted by atomic mass is 16.1. The second-order valence-electron chi connectivity index (χ2n) is 6.81. The number of hydrogen-bond acceptors (Lipinski definition) is 5. The van der Waals surface area contributed by atoms with Crippen molar-refractivity contribution in [2.45, 2.75) is 25.4 Å². The van der Waals surface area contributed by atoms with Crippen LogP contribution in [0.5, 0.6) is 0 Å². The summed E-state index contributed by atoms with van der Waals surface area (Å²) >= 11 is 0. The van der Waals surface area contributed by atoms with Gasteiger partial charge in [-0.1, -0.05) is 12.1 Å². The molecule has 2 aromatic rings. The van der Waals surface area contributed by atoms with E-state index in [9.17, 15) is 4.79 Å². The molecule has 120 valence electrons. The lowest BCUT2D eigenvalue weighted by atomic mass is 10.1. The molecule has 1 aliphatic heterocycles. The van der Waals surface area contributed by atoms with Gasteiger partial charge in [-0.3, -0.25) is 9.47 Å². The standard InChI is InChI=1S/C17H21N5O/c18-14-9-17(14)6-8-21(11-17)10-12-1-3-13(4-2-12)22-7-5-15(19)20-16(22)23/h1-5,7,14H,6,8-11,18H2,(H2,19,20,23). The van der Waals surface area contributed by atoms with Gasteiger partial charge in [0.15, 0.2) is 0 Å². The highest BCUT2D eigenvalue weighted by Crippen LogP contribution is 2.51. The van der Waals surface area contributed by atoms with Crippen LogP contribution in [-0.4, -0.2) is 33.6 Å². The molecule has 1 aromatic heterocycles. The largest absolute Gasteiger partial charge is 0.383 e. The van der Waals surface area contributed by atoms with Gasteiger partial charge in [-0.05, 0) is 43.1 Å². The molecule has 1 saturated carbocycles. The molecule has 1 saturated heterocycles. The molecule has 4 N–H and O–H groups in total.